The summed E-state index contributed by atoms with van der Waals surface area (Å²) >= 11 is 3.29. The molecule has 0 fully saturated rings. The number of ether oxygens (including phenoxy) is 1. The van der Waals surface area contributed by atoms with Crippen molar-refractivity contribution in [2.75, 3.05) is 0 Å². The Bertz CT molecular complexity index is 394. The molecule has 0 aliphatic carbocycles. The van der Waals surface area contributed by atoms with E-state index in [0.717, 1.165) is 4.47 Å². The zero-order valence-electron chi connectivity index (χ0n) is 9.58. The summed E-state index contributed by atoms with van der Waals surface area (Å²) in [4.78, 5) is 11.7. The quantitative estimate of drug-likeness (QED) is 0.851. The zero-order valence-corrected chi connectivity index (χ0v) is 11.2. The molecule has 4 heteroatoms. The van der Waals surface area contributed by atoms with Crippen LogP contribution >= 0.6 is 15.9 Å². The summed E-state index contributed by atoms with van der Waals surface area (Å²) < 4.78 is 6.01. The van der Waals surface area contributed by atoms with Crippen LogP contribution in [0.4, 0.5) is 0 Å². The van der Waals surface area contributed by atoms with Crippen molar-refractivity contribution in [1.82, 2.24) is 0 Å². The smallest absolute Gasteiger partial charge is 0.338 e. The van der Waals surface area contributed by atoms with Crippen LogP contribution in [0.25, 0.3) is 0 Å². The minimum Gasteiger partial charge on any atom is -0.456 e. The second-order valence-corrected chi connectivity index (χ2v) is 5.32. The lowest BCUT2D eigenvalue weighted by atomic mass is 10.1. The molecule has 0 heterocycles. The van der Waals surface area contributed by atoms with Gasteiger partial charge in [-0.2, -0.15) is 0 Å². The molecular formula is C12H15BrO3. The van der Waals surface area contributed by atoms with Crippen molar-refractivity contribution in [1.29, 1.82) is 0 Å². The predicted octanol–water partition coefficient (Wildman–Crippen LogP) is 2.90. The van der Waals surface area contributed by atoms with Crippen LogP contribution in [0.15, 0.2) is 22.7 Å². The summed E-state index contributed by atoms with van der Waals surface area (Å²) in [6.07, 6.45) is 0. The zero-order chi connectivity index (χ0) is 12.3. The van der Waals surface area contributed by atoms with E-state index in [1.54, 1.807) is 18.2 Å². The third-order valence-corrected chi connectivity index (χ3v) is 2.62. The van der Waals surface area contributed by atoms with Crippen LogP contribution in [0.2, 0.25) is 0 Å². The van der Waals surface area contributed by atoms with Gasteiger partial charge in [0.05, 0.1) is 12.2 Å². The van der Waals surface area contributed by atoms with Crippen LogP contribution < -0.4 is 0 Å². The summed E-state index contributed by atoms with van der Waals surface area (Å²) in [5.41, 5.74) is 0.606. The molecule has 0 unspecified atom stereocenters. The van der Waals surface area contributed by atoms with Crippen LogP contribution in [0.5, 0.6) is 0 Å². The van der Waals surface area contributed by atoms with E-state index in [2.05, 4.69) is 15.9 Å². The highest BCUT2D eigenvalue weighted by Gasteiger charge is 2.18. The highest BCUT2D eigenvalue weighted by molar-refractivity contribution is 9.10. The van der Waals surface area contributed by atoms with E-state index >= 15 is 0 Å². The molecule has 0 aliphatic rings. The number of hydrogen-bond acceptors (Lipinski definition) is 3. The predicted molar refractivity (Wildman–Crippen MR) is 65.2 cm³/mol. The first-order valence-electron chi connectivity index (χ1n) is 4.96. The number of halogens is 1. The molecule has 1 rings (SSSR count). The Morgan fingerprint density at radius 3 is 2.56 bits per heavy atom. The lowest BCUT2D eigenvalue weighted by Gasteiger charge is -2.19. The van der Waals surface area contributed by atoms with Gasteiger partial charge in [-0.1, -0.05) is 15.9 Å². The number of carbonyl (C=O) groups is 1. The summed E-state index contributed by atoms with van der Waals surface area (Å²) in [5.74, 6) is -0.380. The van der Waals surface area contributed by atoms with Gasteiger partial charge < -0.3 is 9.84 Å². The van der Waals surface area contributed by atoms with Crippen molar-refractivity contribution in [3.05, 3.63) is 33.8 Å². The fourth-order valence-corrected chi connectivity index (χ4v) is 1.53. The highest BCUT2D eigenvalue weighted by Crippen LogP contribution is 2.20. The lowest BCUT2D eigenvalue weighted by molar-refractivity contribution is 0.00693. The SMILES string of the molecule is CC(C)(C)OC(=O)c1ccc(Br)c(CO)c1. The van der Waals surface area contributed by atoms with E-state index in [0.29, 0.717) is 11.1 Å². The van der Waals surface area contributed by atoms with Crippen molar-refractivity contribution >= 4 is 21.9 Å². The number of aliphatic hydroxyl groups excluding tert-OH is 1. The Morgan fingerprint density at radius 1 is 1.44 bits per heavy atom. The summed E-state index contributed by atoms with van der Waals surface area (Å²) in [6, 6.07) is 5.01. The number of hydrogen-bond donors (Lipinski definition) is 1. The standard InChI is InChI=1S/C12H15BrO3/c1-12(2,3)16-11(15)8-4-5-10(13)9(6-8)7-14/h4-6,14H,7H2,1-3H3. The summed E-state index contributed by atoms with van der Waals surface area (Å²) in [6.45, 7) is 5.33. The first-order valence-corrected chi connectivity index (χ1v) is 5.75. The number of aliphatic hydroxyl groups is 1. The van der Waals surface area contributed by atoms with Crippen LogP contribution in [-0.4, -0.2) is 16.7 Å². The van der Waals surface area contributed by atoms with Gasteiger partial charge in [0.25, 0.3) is 0 Å². The van der Waals surface area contributed by atoms with Crippen molar-refractivity contribution in [3.63, 3.8) is 0 Å². The van der Waals surface area contributed by atoms with Gasteiger partial charge in [-0.25, -0.2) is 4.79 Å². The van der Waals surface area contributed by atoms with Gasteiger partial charge in [0.2, 0.25) is 0 Å². The van der Waals surface area contributed by atoms with Crippen molar-refractivity contribution < 1.29 is 14.6 Å². The second kappa shape index (κ2) is 4.97. The Morgan fingerprint density at radius 2 is 2.06 bits per heavy atom. The Labute approximate surface area is 104 Å². The largest absolute Gasteiger partial charge is 0.456 e. The molecule has 88 valence electrons. The molecule has 0 saturated carbocycles. The minimum atomic E-state index is -0.510. The first kappa shape index (κ1) is 13.2. The van der Waals surface area contributed by atoms with Gasteiger partial charge in [-0.05, 0) is 44.5 Å². The monoisotopic (exact) mass is 286 g/mol. The molecule has 3 nitrogen and oxygen atoms in total. The van der Waals surface area contributed by atoms with Gasteiger partial charge in [0, 0.05) is 4.47 Å². The molecule has 1 N–H and O–H groups in total. The Kier molecular flexibility index (Phi) is 4.10. The highest BCUT2D eigenvalue weighted by atomic mass is 79.9. The fraction of sp³-hybridized carbons (Fsp3) is 0.417. The van der Waals surface area contributed by atoms with Crippen molar-refractivity contribution in [3.8, 4) is 0 Å². The van der Waals surface area contributed by atoms with E-state index < -0.39 is 5.60 Å². The van der Waals surface area contributed by atoms with Crippen LogP contribution in [-0.2, 0) is 11.3 Å². The molecule has 0 aliphatic heterocycles. The third kappa shape index (κ3) is 3.61. The average molecular weight is 287 g/mol. The molecule has 0 spiro atoms. The molecule has 0 bridgehead atoms. The topological polar surface area (TPSA) is 46.5 Å². The molecule has 0 aromatic heterocycles. The van der Waals surface area contributed by atoms with Crippen LogP contribution in [0, 0.1) is 0 Å². The molecular weight excluding hydrogens is 272 g/mol. The average Bonchev–Trinajstić information content (AvgIpc) is 2.15. The second-order valence-electron chi connectivity index (χ2n) is 4.47. The fourth-order valence-electron chi connectivity index (χ4n) is 1.16. The van der Waals surface area contributed by atoms with E-state index in [-0.39, 0.29) is 12.6 Å². The normalized spacial score (nSPS) is 11.3. The summed E-state index contributed by atoms with van der Waals surface area (Å²) in [7, 11) is 0. The van der Waals surface area contributed by atoms with E-state index in [1.807, 2.05) is 20.8 Å². The maximum atomic E-state index is 11.7. The third-order valence-electron chi connectivity index (χ3n) is 1.85. The maximum absolute atomic E-state index is 11.7. The van der Waals surface area contributed by atoms with Gasteiger partial charge in [0.15, 0.2) is 0 Å². The van der Waals surface area contributed by atoms with Crippen LogP contribution in [0.3, 0.4) is 0 Å². The number of benzene rings is 1. The van der Waals surface area contributed by atoms with E-state index in [1.165, 1.54) is 0 Å². The molecule has 16 heavy (non-hydrogen) atoms. The Hall–Kier alpha value is -0.870. The lowest BCUT2D eigenvalue weighted by Crippen LogP contribution is -2.23. The first-order chi connectivity index (χ1) is 7.33. The molecule has 1 aromatic rings. The molecule has 0 amide bonds. The van der Waals surface area contributed by atoms with E-state index in [9.17, 15) is 4.79 Å². The number of carbonyl (C=O) groups excluding carboxylic acids is 1. The number of esters is 1. The summed E-state index contributed by atoms with van der Waals surface area (Å²) in [5, 5.41) is 9.08. The van der Waals surface area contributed by atoms with Gasteiger partial charge in [0.1, 0.15) is 5.60 Å². The molecule has 0 atom stereocenters. The van der Waals surface area contributed by atoms with Gasteiger partial charge >= 0.3 is 5.97 Å². The molecule has 1 aromatic carbocycles. The Balaban J connectivity index is 2.93. The minimum absolute atomic E-state index is 0.114. The van der Waals surface area contributed by atoms with Gasteiger partial charge in [-0.15, -0.1) is 0 Å². The molecule has 0 radical (unpaired) electrons. The van der Waals surface area contributed by atoms with Gasteiger partial charge in [-0.3, -0.25) is 0 Å². The van der Waals surface area contributed by atoms with Crippen LogP contribution in [0.1, 0.15) is 36.7 Å². The maximum Gasteiger partial charge on any atom is 0.338 e. The van der Waals surface area contributed by atoms with E-state index in [4.69, 9.17) is 9.84 Å². The number of rotatable bonds is 2. The molecule has 0 saturated heterocycles. The van der Waals surface area contributed by atoms with Crippen molar-refractivity contribution in [2.24, 2.45) is 0 Å². The van der Waals surface area contributed by atoms with Crippen molar-refractivity contribution in [2.45, 2.75) is 33.0 Å².